The zero-order valence-electron chi connectivity index (χ0n) is 8.90. The van der Waals surface area contributed by atoms with Crippen LogP contribution in [0.25, 0.3) is 0 Å². The van der Waals surface area contributed by atoms with Gasteiger partial charge in [-0.2, -0.15) is 0 Å². The molecular weight excluding hydrogens is 179 g/mol. The molecule has 80 valence electrons. The minimum Gasteiger partial charge on any atom is -0.513 e. The van der Waals surface area contributed by atoms with Crippen LogP contribution in [0.4, 0.5) is 0 Å². The van der Waals surface area contributed by atoms with Gasteiger partial charge in [-0.15, -0.1) is 6.58 Å². The molecule has 0 spiro atoms. The minimum absolute atomic E-state index is 0.296. The summed E-state index contributed by atoms with van der Waals surface area (Å²) >= 11 is 0. The lowest BCUT2D eigenvalue weighted by Gasteiger charge is -1.97. The summed E-state index contributed by atoms with van der Waals surface area (Å²) in [6.07, 6.45) is 4.18. The van der Waals surface area contributed by atoms with E-state index in [2.05, 4.69) is 13.2 Å². The third kappa shape index (κ3) is 17.2. The molecule has 0 rings (SSSR count). The Labute approximate surface area is 86.2 Å². The van der Waals surface area contributed by atoms with Crippen LogP contribution >= 0.6 is 0 Å². The maximum atomic E-state index is 8.35. The van der Waals surface area contributed by atoms with E-state index in [0.717, 1.165) is 12.0 Å². The first-order valence-corrected chi connectivity index (χ1v) is 4.45. The fraction of sp³-hybridized carbons (Fsp3) is 0.400. The molecule has 3 N–H and O–H groups in total. The Bertz CT molecular complexity index is 194. The van der Waals surface area contributed by atoms with Gasteiger partial charge < -0.3 is 15.2 Å². The van der Waals surface area contributed by atoms with Gasteiger partial charge in [0.25, 0.3) is 0 Å². The van der Waals surface area contributed by atoms with E-state index in [-0.39, 0.29) is 0 Å². The molecule has 0 bridgehead atoms. The average molecular weight is 198 g/mol. The van der Waals surface area contributed by atoms with Crippen molar-refractivity contribution in [3.63, 3.8) is 0 Å². The van der Waals surface area contributed by atoms with Gasteiger partial charge in [0.1, 0.15) is 0 Å². The molecule has 0 fully saturated rings. The Balaban J connectivity index is 0. The number of hydrogen-bond donors (Lipinski definition) is 3. The molecule has 0 atom stereocenters. The summed E-state index contributed by atoms with van der Waals surface area (Å²) in [5.74, 6) is 0.296. The molecule has 14 heavy (non-hydrogen) atoms. The first-order valence-electron chi connectivity index (χ1n) is 4.45. The van der Waals surface area contributed by atoms with E-state index >= 15 is 0 Å². The van der Waals surface area contributed by atoms with E-state index in [9.17, 15) is 0 Å². The second-order valence-corrected chi connectivity index (χ2v) is 2.83. The van der Waals surface area contributed by atoms with Crippen molar-refractivity contribution in [1.82, 2.24) is 0 Å². The largest absolute Gasteiger partial charge is 0.513 e. The summed E-state index contributed by atoms with van der Waals surface area (Å²) in [6.45, 7) is 10.5. The molecule has 0 aliphatic heterocycles. The molecule has 0 aliphatic carbocycles. The maximum Gasteiger partial charge on any atom is 0.455 e. The normalized spacial score (nSPS) is 9.86. The molecule has 0 aliphatic rings. The first kappa shape index (κ1) is 15.5. The van der Waals surface area contributed by atoms with Crippen LogP contribution in [-0.2, 0) is 0 Å². The Kier molecular flexibility index (Phi) is 11.2. The van der Waals surface area contributed by atoms with Crippen molar-refractivity contribution in [3.05, 3.63) is 36.6 Å². The van der Waals surface area contributed by atoms with Crippen LogP contribution in [-0.4, -0.2) is 22.3 Å². The predicted molar refractivity (Wildman–Crippen MR) is 61.0 cm³/mol. The zero-order valence-corrected chi connectivity index (χ0v) is 8.90. The van der Waals surface area contributed by atoms with Crippen molar-refractivity contribution in [2.45, 2.75) is 26.6 Å². The number of allylic oxidation sites excluding steroid dienone is 4. The van der Waals surface area contributed by atoms with Gasteiger partial charge in [0.15, 0.2) is 0 Å². The van der Waals surface area contributed by atoms with Crippen molar-refractivity contribution >= 4 is 7.12 Å². The Morgan fingerprint density at radius 3 is 2.00 bits per heavy atom. The molecule has 0 heterocycles. The smallest absolute Gasteiger partial charge is 0.455 e. The topological polar surface area (TPSA) is 60.7 Å². The van der Waals surface area contributed by atoms with Gasteiger partial charge in [-0.1, -0.05) is 25.2 Å². The lowest BCUT2D eigenvalue weighted by molar-refractivity contribution is 0.409. The quantitative estimate of drug-likeness (QED) is 0.280. The lowest BCUT2D eigenvalue weighted by atomic mass is 9.81. The van der Waals surface area contributed by atoms with Gasteiger partial charge in [0.05, 0.1) is 5.76 Å². The Morgan fingerprint density at radius 1 is 1.43 bits per heavy atom. The molecule has 0 aromatic carbocycles. The summed E-state index contributed by atoms with van der Waals surface area (Å²) in [7, 11) is -1.22. The van der Waals surface area contributed by atoms with Crippen LogP contribution in [0, 0.1) is 0 Å². The fourth-order valence-corrected chi connectivity index (χ4v) is 0.573. The highest BCUT2D eigenvalue weighted by atomic mass is 16.4. The third-order valence-electron chi connectivity index (χ3n) is 1.33. The summed E-state index contributed by atoms with van der Waals surface area (Å²) in [5.41, 5.74) is 0.875. The van der Waals surface area contributed by atoms with Gasteiger partial charge in [0.2, 0.25) is 0 Å². The van der Waals surface area contributed by atoms with Crippen LogP contribution in [0.15, 0.2) is 36.6 Å². The van der Waals surface area contributed by atoms with E-state index in [0.29, 0.717) is 12.1 Å². The van der Waals surface area contributed by atoms with Gasteiger partial charge in [-0.05, 0) is 19.4 Å². The minimum atomic E-state index is -1.22. The van der Waals surface area contributed by atoms with Crippen molar-refractivity contribution in [1.29, 1.82) is 0 Å². The Hall–Kier alpha value is -0.995. The van der Waals surface area contributed by atoms with Crippen LogP contribution in [0.5, 0.6) is 0 Å². The monoisotopic (exact) mass is 198 g/mol. The van der Waals surface area contributed by atoms with E-state index in [1.54, 1.807) is 6.92 Å². The SMILES string of the molecule is C=C(CC)CB(O)O.C=C/C=C(\C)O. The van der Waals surface area contributed by atoms with E-state index in [1.807, 2.05) is 6.92 Å². The van der Waals surface area contributed by atoms with Crippen LogP contribution in [0.3, 0.4) is 0 Å². The van der Waals surface area contributed by atoms with E-state index in [4.69, 9.17) is 15.2 Å². The predicted octanol–water partition coefficient (Wildman–Crippen LogP) is 2.06. The third-order valence-corrected chi connectivity index (χ3v) is 1.33. The summed E-state index contributed by atoms with van der Waals surface area (Å²) in [5, 5.41) is 25.0. The second kappa shape index (κ2) is 10.1. The number of rotatable bonds is 4. The van der Waals surface area contributed by atoms with Crippen molar-refractivity contribution < 1.29 is 15.2 Å². The highest BCUT2D eigenvalue weighted by Crippen LogP contribution is 2.03. The van der Waals surface area contributed by atoms with Gasteiger partial charge in [-0.3, -0.25) is 0 Å². The van der Waals surface area contributed by atoms with Crippen molar-refractivity contribution in [2.75, 3.05) is 0 Å². The second-order valence-electron chi connectivity index (χ2n) is 2.83. The van der Waals surface area contributed by atoms with E-state index < -0.39 is 7.12 Å². The highest BCUT2D eigenvalue weighted by molar-refractivity contribution is 6.41. The van der Waals surface area contributed by atoms with Crippen molar-refractivity contribution in [2.24, 2.45) is 0 Å². The molecule has 0 aromatic rings. The highest BCUT2D eigenvalue weighted by Gasteiger charge is 2.05. The van der Waals surface area contributed by atoms with Crippen molar-refractivity contribution in [3.8, 4) is 0 Å². The van der Waals surface area contributed by atoms with Gasteiger partial charge in [-0.25, -0.2) is 0 Å². The molecule has 0 unspecified atom stereocenters. The van der Waals surface area contributed by atoms with Gasteiger partial charge in [0, 0.05) is 6.32 Å². The number of aliphatic hydroxyl groups excluding tert-OH is 1. The fourth-order valence-electron chi connectivity index (χ4n) is 0.573. The number of hydrogen-bond acceptors (Lipinski definition) is 3. The van der Waals surface area contributed by atoms with Crippen LogP contribution in [0.2, 0.25) is 6.32 Å². The molecule has 0 radical (unpaired) electrons. The maximum absolute atomic E-state index is 8.35. The molecule has 4 heteroatoms. The molecule has 0 aromatic heterocycles. The van der Waals surface area contributed by atoms with Crippen LogP contribution < -0.4 is 0 Å². The molecule has 3 nitrogen and oxygen atoms in total. The molecular formula is C10H19BO3. The zero-order chi connectivity index (χ0) is 11.6. The van der Waals surface area contributed by atoms with Crippen LogP contribution in [0.1, 0.15) is 20.3 Å². The molecule has 0 amide bonds. The first-order chi connectivity index (χ1) is 6.43. The van der Waals surface area contributed by atoms with Gasteiger partial charge >= 0.3 is 7.12 Å². The number of aliphatic hydroxyl groups is 1. The summed E-state index contributed by atoms with van der Waals surface area (Å²) in [4.78, 5) is 0. The average Bonchev–Trinajstić information content (AvgIpc) is 2.03. The molecule has 0 saturated heterocycles. The lowest BCUT2D eigenvalue weighted by Crippen LogP contribution is -2.10. The molecule has 0 saturated carbocycles. The van der Waals surface area contributed by atoms with E-state index in [1.165, 1.54) is 12.2 Å². The summed E-state index contributed by atoms with van der Waals surface area (Å²) in [6, 6.07) is 0. The standard InChI is InChI=1S/C5H11BO2.C5H8O/c1-3-5(2)4-6(7)8;1-3-4-5(2)6/h7-8H,2-4H2,1H3;3-4,6H,1H2,2H3/b;5-4+. The summed E-state index contributed by atoms with van der Waals surface area (Å²) < 4.78 is 0. The Morgan fingerprint density at radius 2 is 1.93 bits per heavy atom.